The monoisotopic (exact) mass is 544 g/mol. The van der Waals surface area contributed by atoms with Gasteiger partial charge < -0.3 is 14.2 Å². The maximum absolute atomic E-state index is 14.2. The fourth-order valence-electron chi connectivity index (χ4n) is 3.92. The largest absolute Gasteiger partial charge is 0.488 e. The molecule has 1 fully saturated rings. The van der Waals surface area contributed by atoms with Gasteiger partial charge in [-0.2, -0.15) is 0 Å². The summed E-state index contributed by atoms with van der Waals surface area (Å²) in [6, 6.07) is 5.77. The molecule has 4 rings (SSSR count). The quantitative estimate of drug-likeness (QED) is 0.243. The van der Waals surface area contributed by atoms with E-state index in [2.05, 4.69) is 26.4 Å². The molecule has 38 heavy (non-hydrogen) atoms. The predicted octanol–water partition coefficient (Wildman–Crippen LogP) is 4.28. The normalized spacial score (nSPS) is 15.4. The number of fused-ring (bicyclic) bond motifs is 1. The minimum atomic E-state index is -4.47. The fourth-order valence-corrected chi connectivity index (χ4v) is 5.04. The molecule has 2 heterocycles. The van der Waals surface area contributed by atoms with E-state index in [4.69, 9.17) is 14.2 Å². The summed E-state index contributed by atoms with van der Waals surface area (Å²) in [6.07, 6.45) is 5.90. The van der Waals surface area contributed by atoms with E-state index in [1.165, 1.54) is 19.5 Å². The van der Waals surface area contributed by atoms with Crippen molar-refractivity contribution in [1.82, 2.24) is 14.7 Å². The van der Waals surface area contributed by atoms with Gasteiger partial charge >= 0.3 is 0 Å². The minimum Gasteiger partial charge on any atom is -0.488 e. The molecule has 0 saturated carbocycles. The molecule has 1 N–H and O–H groups in total. The first-order valence-corrected chi connectivity index (χ1v) is 13.1. The molecule has 1 aromatic heterocycles. The van der Waals surface area contributed by atoms with Gasteiger partial charge in [0.15, 0.2) is 0 Å². The lowest BCUT2D eigenvalue weighted by atomic mass is 10.1. The third-order valence-electron chi connectivity index (χ3n) is 5.82. The van der Waals surface area contributed by atoms with E-state index < -0.39 is 26.6 Å². The number of sulfonamides is 1. The first-order valence-electron chi connectivity index (χ1n) is 11.6. The van der Waals surface area contributed by atoms with Gasteiger partial charge in [-0.1, -0.05) is 6.08 Å². The highest BCUT2D eigenvalue weighted by atomic mass is 32.2. The Labute approximate surface area is 218 Å². The summed E-state index contributed by atoms with van der Waals surface area (Å²) in [4.78, 5) is 11.6. The van der Waals surface area contributed by atoms with Gasteiger partial charge in [0.25, 0.3) is 10.0 Å². The van der Waals surface area contributed by atoms with E-state index in [9.17, 15) is 17.2 Å². The van der Waals surface area contributed by atoms with Crippen LogP contribution in [0.25, 0.3) is 17.0 Å². The zero-order chi connectivity index (χ0) is 27.3. The second kappa shape index (κ2) is 11.7. The van der Waals surface area contributed by atoms with E-state index in [0.717, 1.165) is 36.1 Å². The van der Waals surface area contributed by atoms with Crippen molar-refractivity contribution in [3.8, 4) is 5.75 Å². The summed E-state index contributed by atoms with van der Waals surface area (Å²) >= 11 is 0. The van der Waals surface area contributed by atoms with Crippen molar-refractivity contribution in [2.75, 3.05) is 20.3 Å². The first-order chi connectivity index (χ1) is 18.2. The molecule has 2 aromatic carbocycles. The van der Waals surface area contributed by atoms with Crippen LogP contribution < -0.4 is 9.46 Å². The average Bonchev–Trinajstić information content (AvgIpc) is 2.88. The lowest BCUT2D eigenvalue weighted by Gasteiger charge is -2.24. The molecule has 1 aliphatic rings. The van der Waals surface area contributed by atoms with Crippen molar-refractivity contribution in [2.24, 2.45) is 4.99 Å². The predicted molar refractivity (Wildman–Crippen MR) is 138 cm³/mol. The van der Waals surface area contributed by atoms with Gasteiger partial charge in [-0.15, -0.1) is 0 Å². The SMILES string of the molecule is C=N/C(OC)=C(\C=C\c1cc(OC2CCOCC2)c2ncnc(C)c2c1)NS(=O)(=O)c1ccc(F)cc1F. The number of halogens is 2. The lowest BCUT2D eigenvalue weighted by Crippen LogP contribution is -2.26. The Balaban J connectivity index is 1.72. The summed E-state index contributed by atoms with van der Waals surface area (Å²) in [5.41, 5.74) is 1.89. The number of allylic oxidation sites excluding steroid dienone is 1. The van der Waals surface area contributed by atoms with Gasteiger partial charge in [0.05, 0.1) is 20.3 Å². The topological polar surface area (TPSA) is 112 Å². The number of nitrogens with one attached hydrogen (secondary N) is 1. The summed E-state index contributed by atoms with van der Waals surface area (Å²) < 4.78 is 72.5. The zero-order valence-electron chi connectivity index (χ0n) is 20.8. The maximum Gasteiger partial charge on any atom is 0.264 e. The van der Waals surface area contributed by atoms with Crippen LogP contribution in [0.5, 0.6) is 5.75 Å². The van der Waals surface area contributed by atoms with E-state index in [1.807, 2.05) is 13.0 Å². The molecule has 1 aliphatic heterocycles. The highest BCUT2D eigenvalue weighted by Crippen LogP contribution is 2.30. The minimum absolute atomic E-state index is 0.0422. The van der Waals surface area contributed by atoms with Gasteiger partial charge in [0.1, 0.15) is 45.9 Å². The van der Waals surface area contributed by atoms with Crippen LogP contribution in [0, 0.1) is 18.6 Å². The van der Waals surface area contributed by atoms with Crippen LogP contribution >= 0.6 is 0 Å². The van der Waals surface area contributed by atoms with Crippen LogP contribution in [-0.2, 0) is 19.5 Å². The fraction of sp³-hybridized carbons (Fsp3) is 0.269. The van der Waals surface area contributed by atoms with Crippen molar-refractivity contribution in [3.05, 3.63) is 77.2 Å². The first kappa shape index (κ1) is 27.1. The van der Waals surface area contributed by atoms with Crippen LogP contribution in [-0.4, -0.2) is 51.5 Å². The number of methoxy groups -OCH3 is 1. The molecule has 0 radical (unpaired) electrons. The van der Waals surface area contributed by atoms with E-state index in [-0.39, 0.29) is 17.7 Å². The number of benzene rings is 2. The third-order valence-corrected chi connectivity index (χ3v) is 7.22. The molecule has 3 aromatic rings. The number of hydrogen-bond acceptors (Lipinski definition) is 8. The number of ether oxygens (including phenoxy) is 3. The number of nitrogens with zero attached hydrogens (tertiary/aromatic N) is 3. The van der Waals surface area contributed by atoms with Crippen molar-refractivity contribution < 1.29 is 31.4 Å². The maximum atomic E-state index is 14.2. The summed E-state index contributed by atoms with van der Waals surface area (Å²) in [5.74, 6) is -1.76. The highest BCUT2D eigenvalue weighted by Gasteiger charge is 2.22. The van der Waals surface area contributed by atoms with Gasteiger partial charge in [0, 0.05) is 30.0 Å². The molecule has 0 aliphatic carbocycles. The van der Waals surface area contributed by atoms with Crippen LogP contribution in [0.1, 0.15) is 24.1 Å². The van der Waals surface area contributed by atoms with Gasteiger partial charge in [0.2, 0.25) is 5.88 Å². The lowest BCUT2D eigenvalue weighted by molar-refractivity contribution is 0.0261. The van der Waals surface area contributed by atoms with Crippen LogP contribution in [0.15, 0.2) is 64.2 Å². The zero-order valence-corrected chi connectivity index (χ0v) is 21.6. The third kappa shape index (κ3) is 6.14. The Bertz CT molecular complexity index is 1520. The molecular weight excluding hydrogens is 518 g/mol. The van der Waals surface area contributed by atoms with E-state index in [1.54, 1.807) is 12.1 Å². The highest BCUT2D eigenvalue weighted by molar-refractivity contribution is 7.89. The van der Waals surface area contributed by atoms with Crippen molar-refractivity contribution in [3.63, 3.8) is 0 Å². The molecule has 200 valence electrons. The molecule has 0 spiro atoms. The average molecular weight is 545 g/mol. The Morgan fingerprint density at radius 1 is 1.21 bits per heavy atom. The number of aliphatic imine (C=N–C) groups is 1. The van der Waals surface area contributed by atoms with Gasteiger partial charge in [-0.05, 0) is 49.5 Å². The Kier molecular flexibility index (Phi) is 8.32. The van der Waals surface area contributed by atoms with Crippen LogP contribution in [0.3, 0.4) is 0 Å². The number of rotatable bonds is 9. The van der Waals surface area contributed by atoms with Crippen molar-refractivity contribution >= 4 is 33.7 Å². The molecule has 12 heteroatoms. The molecule has 0 unspecified atom stereocenters. The summed E-state index contributed by atoms with van der Waals surface area (Å²) in [7, 11) is -3.19. The Morgan fingerprint density at radius 2 is 1.97 bits per heavy atom. The van der Waals surface area contributed by atoms with Crippen molar-refractivity contribution in [2.45, 2.75) is 30.8 Å². The number of aromatic nitrogens is 2. The summed E-state index contributed by atoms with van der Waals surface area (Å²) in [6.45, 7) is 6.45. The molecular formula is C26H26F2N4O5S. The second-order valence-corrected chi connectivity index (χ2v) is 10.0. The van der Waals surface area contributed by atoms with Gasteiger partial charge in [-0.25, -0.2) is 32.2 Å². The number of hydrogen-bond donors (Lipinski definition) is 1. The van der Waals surface area contributed by atoms with Crippen LogP contribution in [0.2, 0.25) is 0 Å². The van der Waals surface area contributed by atoms with E-state index in [0.29, 0.717) is 36.1 Å². The van der Waals surface area contributed by atoms with Gasteiger partial charge in [-0.3, -0.25) is 4.72 Å². The second-order valence-electron chi connectivity index (χ2n) is 8.40. The smallest absolute Gasteiger partial charge is 0.264 e. The molecule has 0 bridgehead atoms. The standard InChI is InChI=1S/C26H26F2N4O5S/c1-16-20-12-17(13-23(25(20)31-15-30-16)37-19-8-10-36-11-9-19)4-6-22(26(29-2)35-3)32-38(33,34)24-7-5-18(27)14-21(24)28/h4-7,12-15,19,32H,2,8-11H2,1,3H3/b6-4+,26-22-. The molecule has 0 amide bonds. The summed E-state index contributed by atoms with van der Waals surface area (Å²) in [5, 5.41) is 0.755. The van der Waals surface area contributed by atoms with E-state index >= 15 is 0 Å². The Hall–Kier alpha value is -3.90. The van der Waals surface area contributed by atoms with Crippen LogP contribution in [0.4, 0.5) is 8.78 Å². The molecule has 0 atom stereocenters. The van der Waals surface area contributed by atoms with Crippen molar-refractivity contribution in [1.29, 1.82) is 0 Å². The Morgan fingerprint density at radius 3 is 2.66 bits per heavy atom. The molecule has 9 nitrogen and oxygen atoms in total. The molecule has 1 saturated heterocycles. The number of aryl methyl sites for hydroxylation is 1.